The number of hydrogen-bond donors (Lipinski definition) is 1. The molecule has 0 aliphatic heterocycles. The van der Waals surface area contributed by atoms with Gasteiger partial charge in [-0.15, -0.1) is 0 Å². The summed E-state index contributed by atoms with van der Waals surface area (Å²) in [7, 11) is 0. The van der Waals surface area contributed by atoms with Gasteiger partial charge in [-0.1, -0.05) is 26.0 Å². The zero-order chi connectivity index (χ0) is 16.3. The quantitative estimate of drug-likeness (QED) is 0.841. The van der Waals surface area contributed by atoms with Crippen LogP contribution in [0.4, 0.5) is 0 Å². The number of aliphatic carboxylic acids is 1. The predicted octanol–water partition coefficient (Wildman–Crippen LogP) is 2.57. The van der Waals surface area contributed by atoms with Crippen molar-refractivity contribution in [1.29, 1.82) is 0 Å². The van der Waals surface area contributed by atoms with Crippen LogP contribution in [0.2, 0.25) is 0 Å². The number of carboxylic acids is 1. The van der Waals surface area contributed by atoms with Gasteiger partial charge in [0.2, 0.25) is 0 Å². The summed E-state index contributed by atoms with van der Waals surface area (Å²) in [6.45, 7) is 5.74. The normalized spacial score (nSPS) is 14.0. The molecule has 0 radical (unpaired) electrons. The van der Waals surface area contributed by atoms with Crippen molar-refractivity contribution in [3.8, 4) is 5.75 Å². The summed E-state index contributed by atoms with van der Waals surface area (Å²) < 4.78 is 5.70. The van der Waals surface area contributed by atoms with Crippen LogP contribution in [-0.4, -0.2) is 41.1 Å². The zero-order valence-electron chi connectivity index (χ0n) is 13.3. The van der Waals surface area contributed by atoms with Gasteiger partial charge in [0.1, 0.15) is 12.3 Å². The van der Waals surface area contributed by atoms with Crippen molar-refractivity contribution in [3.05, 3.63) is 29.3 Å². The van der Waals surface area contributed by atoms with Gasteiger partial charge < -0.3 is 14.7 Å². The van der Waals surface area contributed by atoms with Gasteiger partial charge in [0, 0.05) is 6.04 Å². The van der Waals surface area contributed by atoms with Crippen LogP contribution in [0.1, 0.15) is 43.7 Å². The third-order valence-electron chi connectivity index (χ3n) is 3.76. The number of aryl methyl sites for hydroxylation is 1. The first-order valence-corrected chi connectivity index (χ1v) is 7.63. The van der Waals surface area contributed by atoms with Crippen LogP contribution in [0.5, 0.6) is 5.75 Å². The molecule has 0 bridgehead atoms. The van der Waals surface area contributed by atoms with E-state index in [4.69, 9.17) is 9.84 Å². The number of carbonyl (C=O) groups excluding carboxylic acids is 1. The molecule has 1 amide bonds. The molecule has 0 unspecified atom stereocenters. The van der Waals surface area contributed by atoms with Crippen LogP contribution in [0, 0.1) is 6.92 Å². The fourth-order valence-electron chi connectivity index (χ4n) is 2.42. The highest BCUT2D eigenvalue weighted by atomic mass is 16.5. The molecular formula is C17H23NO4. The Morgan fingerprint density at radius 1 is 1.36 bits per heavy atom. The van der Waals surface area contributed by atoms with Gasteiger partial charge in [0.15, 0.2) is 6.61 Å². The van der Waals surface area contributed by atoms with Gasteiger partial charge in [0.05, 0.1) is 0 Å². The van der Waals surface area contributed by atoms with E-state index in [0.717, 1.165) is 24.0 Å². The average Bonchev–Trinajstić information content (AvgIpc) is 3.26. The van der Waals surface area contributed by atoms with Gasteiger partial charge in [0.25, 0.3) is 5.91 Å². The Kier molecular flexibility index (Phi) is 5.06. The monoisotopic (exact) mass is 305 g/mol. The van der Waals surface area contributed by atoms with Crippen molar-refractivity contribution < 1.29 is 19.4 Å². The van der Waals surface area contributed by atoms with E-state index in [1.807, 2.05) is 25.1 Å². The van der Waals surface area contributed by atoms with Crippen molar-refractivity contribution in [2.45, 2.75) is 45.6 Å². The number of rotatable bonds is 7. The number of carbonyl (C=O) groups is 2. The Labute approximate surface area is 130 Å². The highest BCUT2D eigenvalue weighted by Gasteiger charge is 2.34. The van der Waals surface area contributed by atoms with E-state index in [1.54, 1.807) is 0 Å². The predicted molar refractivity (Wildman–Crippen MR) is 83.1 cm³/mol. The summed E-state index contributed by atoms with van der Waals surface area (Å²) in [6, 6.07) is 6.01. The maximum absolute atomic E-state index is 12.2. The molecule has 1 N–H and O–H groups in total. The van der Waals surface area contributed by atoms with Gasteiger partial charge in [-0.05, 0) is 42.9 Å². The minimum atomic E-state index is -0.987. The molecule has 22 heavy (non-hydrogen) atoms. The van der Waals surface area contributed by atoms with E-state index in [2.05, 4.69) is 13.8 Å². The first-order chi connectivity index (χ1) is 10.4. The van der Waals surface area contributed by atoms with E-state index in [0.29, 0.717) is 11.7 Å². The van der Waals surface area contributed by atoms with E-state index >= 15 is 0 Å². The molecular weight excluding hydrogens is 282 g/mol. The molecule has 2 rings (SSSR count). The molecule has 1 aliphatic rings. The molecule has 1 aromatic carbocycles. The second-order valence-electron chi connectivity index (χ2n) is 6.13. The van der Waals surface area contributed by atoms with Crippen LogP contribution >= 0.6 is 0 Å². The Morgan fingerprint density at radius 2 is 2.05 bits per heavy atom. The maximum atomic E-state index is 12.2. The fourth-order valence-corrected chi connectivity index (χ4v) is 2.42. The average molecular weight is 305 g/mol. The van der Waals surface area contributed by atoms with Crippen molar-refractivity contribution in [1.82, 2.24) is 4.90 Å². The lowest BCUT2D eigenvalue weighted by Crippen LogP contribution is -2.40. The number of nitrogens with zero attached hydrogens (tertiary/aromatic N) is 1. The minimum absolute atomic E-state index is 0.0641. The smallest absolute Gasteiger partial charge is 0.323 e. The van der Waals surface area contributed by atoms with Crippen molar-refractivity contribution in [2.24, 2.45) is 0 Å². The summed E-state index contributed by atoms with van der Waals surface area (Å²) in [5, 5.41) is 8.91. The van der Waals surface area contributed by atoms with E-state index in [9.17, 15) is 9.59 Å². The van der Waals surface area contributed by atoms with E-state index in [1.165, 1.54) is 4.90 Å². The Hall–Kier alpha value is -2.04. The summed E-state index contributed by atoms with van der Waals surface area (Å²) in [4.78, 5) is 24.5. The number of amides is 1. The summed E-state index contributed by atoms with van der Waals surface area (Å²) >= 11 is 0. The van der Waals surface area contributed by atoms with E-state index in [-0.39, 0.29) is 25.1 Å². The Morgan fingerprint density at radius 3 is 2.59 bits per heavy atom. The topological polar surface area (TPSA) is 66.8 Å². The van der Waals surface area contributed by atoms with Crippen molar-refractivity contribution in [3.63, 3.8) is 0 Å². The van der Waals surface area contributed by atoms with E-state index < -0.39 is 5.97 Å². The first kappa shape index (κ1) is 16.3. The molecule has 0 aromatic heterocycles. The van der Waals surface area contributed by atoms with Gasteiger partial charge in [-0.25, -0.2) is 0 Å². The molecule has 1 aliphatic carbocycles. The highest BCUT2D eigenvalue weighted by Crippen LogP contribution is 2.29. The molecule has 0 spiro atoms. The number of benzene rings is 1. The lowest BCUT2D eigenvalue weighted by molar-refractivity contribution is -0.145. The Bertz CT molecular complexity index is 564. The molecule has 5 nitrogen and oxygen atoms in total. The first-order valence-electron chi connectivity index (χ1n) is 7.63. The largest absolute Gasteiger partial charge is 0.483 e. The van der Waals surface area contributed by atoms with Crippen LogP contribution in [-0.2, 0) is 9.59 Å². The molecule has 1 fully saturated rings. The lowest BCUT2D eigenvalue weighted by Gasteiger charge is -2.21. The second kappa shape index (κ2) is 6.81. The molecule has 5 heteroatoms. The lowest BCUT2D eigenvalue weighted by atomic mass is 10.0. The van der Waals surface area contributed by atoms with Gasteiger partial charge in [-0.3, -0.25) is 9.59 Å². The summed E-state index contributed by atoms with van der Waals surface area (Å²) in [6.07, 6.45) is 1.75. The maximum Gasteiger partial charge on any atom is 0.323 e. The number of carboxylic acid groups (broad SMARTS) is 1. The Balaban J connectivity index is 2.03. The molecule has 1 aromatic rings. The molecule has 0 heterocycles. The minimum Gasteiger partial charge on any atom is -0.483 e. The summed E-state index contributed by atoms with van der Waals surface area (Å²) in [5.74, 6) is -0.251. The van der Waals surface area contributed by atoms with Crippen LogP contribution < -0.4 is 4.74 Å². The van der Waals surface area contributed by atoms with Crippen molar-refractivity contribution in [2.75, 3.05) is 13.2 Å². The van der Waals surface area contributed by atoms with Gasteiger partial charge >= 0.3 is 5.97 Å². The van der Waals surface area contributed by atoms with Gasteiger partial charge in [-0.2, -0.15) is 0 Å². The molecule has 0 atom stereocenters. The number of hydrogen-bond acceptors (Lipinski definition) is 3. The molecule has 0 saturated heterocycles. The molecule has 120 valence electrons. The zero-order valence-corrected chi connectivity index (χ0v) is 13.3. The van der Waals surface area contributed by atoms with Crippen molar-refractivity contribution >= 4 is 11.9 Å². The standard InChI is InChI=1S/C17H23NO4/c1-11(2)14-7-4-12(3)8-15(14)22-10-16(19)18(9-17(20)21)13-5-6-13/h4,7-8,11,13H,5-6,9-10H2,1-3H3,(H,20,21). The third-order valence-corrected chi connectivity index (χ3v) is 3.76. The number of ether oxygens (including phenoxy) is 1. The van der Waals surface area contributed by atoms with Crippen LogP contribution in [0.25, 0.3) is 0 Å². The fraction of sp³-hybridized carbons (Fsp3) is 0.529. The highest BCUT2D eigenvalue weighted by molar-refractivity contribution is 5.83. The molecule has 1 saturated carbocycles. The summed E-state index contributed by atoms with van der Waals surface area (Å²) in [5.41, 5.74) is 2.12. The van der Waals surface area contributed by atoms with Crippen LogP contribution in [0.3, 0.4) is 0 Å². The second-order valence-corrected chi connectivity index (χ2v) is 6.13. The third kappa shape index (κ3) is 4.23. The SMILES string of the molecule is Cc1ccc(C(C)C)c(OCC(=O)N(CC(=O)O)C2CC2)c1. The van der Waals surface area contributed by atoms with Crippen LogP contribution in [0.15, 0.2) is 18.2 Å².